The van der Waals surface area contributed by atoms with Crippen LogP contribution in [-0.4, -0.2) is 5.11 Å². The number of aliphatic hydroxyl groups excluding tert-OH is 1. The van der Waals surface area contributed by atoms with Gasteiger partial charge in [0.25, 0.3) is 0 Å². The molecule has 1 nitrogen and oxygen atoms in total. The summed E-state index contributed by atoms with van der Waals surface area (Å²) >= 11 is 0. The summed E-state index contributed by atoms with van der Waals surface area (Å²) in [5.74, 6) is 0. The van der Waals surface area contributed by atoms with E-state index in [9.17, 15) is 0 Å². The van der Waals surface area contributed by atoms with E-state index in [1.807, 2.05) is 24.3 Å². The van der Waals surface area contributed by atoms with Gasteiger partial charge in [-0.15, -0.1) is 0 Å². The number of hydrogen-bond donors (Lipinski definition) is 1. The van der Waals surface area contributed by atoms with E-state index in [1.165, 1.54) is 5.56 Å². The molecule has 0 aromatic heterocycles. The van der Waals surface area contributed by atoms with Crippen LogP contribution in [0.2, 0.25) is 0 Å². The van der Waals surface area contributed by atoms with E-state index >= 15 is 0 Å². The molecule has 0 aliphatic carbocycles. The van der Waals surface area contributed by atoms with Crippen LogP contribution < -0.4 is 0 Å². The number of aryl methyl sites for hydroxylation is 1. The molecule has 0 heterocycles. The van der Waals surface area contributed by atoms with Gasteiger partial charge in [0.05, 0.1) is 0 Å². The molecule has 0 fully saturated rings. The van der Waals surface area contributed by atoms with Gasteiger partial charge in [-0.1, -0.05) is 6.92 Å². The van der Waals surface area contributed by atoms with Gasteiger partial charge >= 0.3 is 0 Å². The number of benzene rings is 1. The van der Waals surface area contributed by atoms with Gasteiger partial charge in [0, 0.05) is 32.7 Å². The van der Waals surface area contributed by atoms with Crippen LogP contribution in [0.15, 0.2) is 24.3 Å². The summed E-state index contributed by atoms with van der Waals surface area (Å²) in [6, 6.07) is 10.8. The Hall–Kier alpha value is 0.284. The van der Waals surface area contributed by atoms with Crippen LogP contribution in [0, 0.1) is 20.1 Å². The second-order valence-electron chi connectivity index (χ2n) is 1.58. The summed E-state index contributed by atoms with van der Waals surface area (Å²) in [4.78, 5) is 0. The van der Waals surface area contributed by atoms with Crippen LogP contribution in [0.3, 0.4) is 0 Å². The Morgan fingerprint density at radius 2 is 1.70 bits per heavy atom. The fraction of sp³-hybridized carbons (Fsp3) is 0.125. The SMILES string of the molecule is Cc1cc[c-]cc1.[CH2-]O.[Y]. The van der Waals surface area contributed by atoms with Crippen molar-refractivity contribution in [2.75, 3.05) is 0 Å². The molecule has 0 spiro atoms. The van der Waals surface area contributed by atoms with Crippen molar-refractivity contribution in [1.29, 1.82) is 0 Å². The van der Waals surface area contributed by atoms with Crippen molar-refractivity contribution < 1.29 is 37.8 Å². The van der Waals surface area contributed by atoms with E-state index in [1.54, 1.807) is 0 Å². The predicted octanol–water partition coefficient (Wildman–Crippen LogP) is 1.94. The minimum absolute atomic E-state index is 0. The van der Waals surface area contributed by atoms with Crippen LogP contribution in [0.25, 0.3) is 0 Å². The smallest absolute Gasteiger partial charge is 0 e. The van der Waals surface area contributed by atoms with Gasteiger partial charge in [0.2, 0.25) is 0 Å². The van der Waals surface area contributed by atoms with Crippen LogP contribution in [0.4, 0.5) is 0 Å². The van der Waals surface area contributed by atoms with Gasteiger partial charge in [0.1, 0.15) is 0 Å². The number of hydrogen-bond acceptors (Lipinski definition) is 1. The molecule has 0 amide bonds. The third-order valence-corrected chi connectivity index (χ3v) is 0.885. The van der Waals surface area contributed by atoms with Gasteiger partial charge in [-0.05, 0) is 0 Å². The number of aliphatic hydroxyl groups is 1. The van der Waals surface area contributed by atoms with E-state index in [4.69, 9.17) is 5.11 Å². The zero-order valence-electron chi connectivity index (χ0n) is 6.04. The Morgan fingerprint density at radius 1 is 1.30 bits per heavy atom. The molecule has 1 aromatic rings. The van der Waals surface area contributed by atoms with Crippen molar-refractivity contribution in [1.82, 2.24) is 0 Å². The largest absolute Gasteiger partial charge is 0.569 e. The molecule has 1 aromatic carbocycles. The predicted molar refractivity (Wildman–Crippen MR) is 37.3 cm³/mol. The summed E-state index contributed by atoms with van der Waals surface area (Å²) in [5, 5.41) is 6.75. The van der Waals surface area contributed by atoms with Crippen molar-refractivity contribution >= 4 is 0 Å². The maximum absolute atomic E-state index is 6.75. The first-order chi connectivity index (χ1) is 4.39. The topological polar surface area (TPSA) is 20.2 Å². The van der Waals surface area contributed by atoms with Gasteiger partial charge in [-0.2, -0.15) is 35.9 Å². The zero-order valence-corrected chi connectivity index (χ0v) is 8.88. The monoisotopic (exact) mass is 211 g/mol. The molecular weight excluding hydrogens is 201 g/mol. The van der Waals surface area contributed by atoms with Crippen molar-refractivity contribution in [3.8, 4) is 0 Å². The molecule has 0 aliphatic heterocycles. The van der Waals surface area contributed by atoms with Gasteiger partial charge in [0.15, 0.2) is 0 Å². The molecule has 2 heteroatoms. The average Bonchev–Trinajstić information content (AvgIpc) is 1.94. The van der Waals surface area contributed by atoms with Gasteiger partial charge in [-0.3, -0.25) is 0 Å². The average molecular weight is 211 g/mol. The Labute approximate surface area is 87.3 Å². The van der Waals surface area contributed by atoms with Crippen LogP contribution in [0.1, 0.15) is 5.56 Å². The van der Waals surface area contributed by atoms with E-state index in [2.05, 4.69) is 20.1 Å². The van der Waals surface area contributed by atoms with Crippen molar-refractivity contribution in [3.05, 3.63) is 43.0 Å². The van der Waals surface area contributed by atoms with Crippen LogP contribution in [-0.2, 0) is 32.7 Å². The summed E-state index contributed by atoms with van der Waals surface area (Å²) in [6.45, 7) is 2.06. The van der Waals surface area contributed by atoms with E-state index < -0.39 is 0 Å². The molecular formula is C8H10OY-2. The minimum Gasteiger partial charge on any atom is -0.569 e. The van der Waals surface area contributed by atoms with E-state index in [0.29, 0.717) is 0 Å². The second-order valence-corrected chi connectivity index (χ2v) is 1.58. The maximum Gasteiger partial charge on any atom is 0 e. The number of rotatable bonds is 0. The Balaban J connectivity index is 0. The fourth-order valence-corrected chi connectivity index (χ4v) is 0.470. The summed E-state index contributed by atoms with van der Waals surface area (Å²) < 4.78 is 0. The molecule has 0 saturated heterocycles. The first-order valence-electron chi connectivity index (χ1n) is 2.64. The summed E-state index contributed by atoms with van der Waals surface area (Å²) in [5.41, 5.74) is 1.29. The van der Waals surface area contributed by atoms with Crippen molar-refractivity contribution in [2.24, 2.45) is 0 Å². The van der Waals surface area contributed by atoms with E-state index in [-0.39, 0.29) is 32.7 Å². The molecule has 1 radical (unpaired) electrons. The molecule has 1 rings (SSSR count). The molecule has 0 unspecified atom stereocenters. The zero-order chi connectivity index (χ0) is 7.11. The standard InChI is InChI=1S/C7H7.CH3O.Y/c1-7-5-3-2-4-6-7;1-2;/h3-6H,1H3;2H,1H2;/q2*-1;. The third kappa shape index (κ3) is 6.40. The third-order valence-electron chi connectivity index (χ3n) is 0.885. The Morgan fingerprint density at radius 3 is 1.90 bits per heavy atom. The fourth-order valence-electron chi connectivity index (χ4n) is 0.470. The maximum atomic E-state index is 6.75. The van der Waals surface area contributed by atoms with Crippen molar-refractivity contribution in [3.63, 3.8) is 0 Å². The molecule has 53 valence electrons. The minimum atomic E-state index is 0. The second kappa shape index (κ2) is 9.28. The quantitative estimate of drug-likeness (QED) is 0.650. The van der Waals surface area contributed by atoms with Crippen LogP contribution in [0.5, 0.6) is 0 Å². The van der Waals surface area contributed by atoms with E-state index in [0.717, 1.165) is 0 Å². The summed E-state index contributed by atoms with van der Waals surface area (Å²) in [7, 11) is 2.25. The molecule has 0 saturated carbocycles. The Bertz CT molecular complexity index is 139. The summed E-state index contributed by atoms with van der Waals surface area (Å²) in [6.07, 6.45) is 0. The Kier molecular flexibility index (Phi) is 12.0. The first kappa shape index (κ1) is 12.9. The molecule has 1 N–H and O–H groups in total. The molecule has 10 heavy (non-hydrogen) atoms. The van der Waals surface area contributed by atoms with Crippen molar-refractivity contribution in [2.45, 2.75) is 6.92 Å². The molecule has 0 bridgehead atoms. The molecule has 0 atom stereocenters. The van der Waals surface area contributed by atoms with Crippen LogP contribution >= 0.6 is 0 Å². The van der Waals surface area contributed by atoms with Gasteiger partial charge in [-0.25, -0.2) is 7.11 Å². The van der Waals surface area contributed by atoms with Gasteiger partial charge < -0.3 is 5.11 Å². The normalized spacial score (nSPS) is 6.70. The molecule has 0 aliphatic rings. The first-order valence-corrected chi connectivity index (χ1v) is 2.64.